The van der Waals surface area contributed by atoms with Crippen molar-refractivity contribution in [3.63, 3.8) is 0 Å². The predicted molar refractivity (Wildman–Crippen MR) is 93.3 cm³/mol. The number of esters is 1. The van der Waals surface area contributed by atoms with Gasteiger partial charge in [0, 0.05) is 17.8 Å². The Morgan fingerprint density at radius 2 is 1.93 bits per heavy atom. The zero-order valence-corrected chi connectivity index (χ0v) is 14.1. The van der Waals surface area contributed by atoms with Crippen LogP contribution in [0.2, 0.25) is 0 Å². The highest BCUT2D eigenvalue weighted by atomic mass is 16.6. The molecule has 0 spiro atoms. The van der Waals surface area contributed by atoms with E-state index >= 15 is 0 Å². The molecular weight excluding hydrogens is 356 g/mol. The van der Waals surface area contributed by atoms with E-state index in [9.17, 15) is 14.4 Å². The lowest BCUT2D eigenvalue weighted by Gasteiger charge is -2.19. The molecule has 0 aliphatic carbocycles. The van der Waals surface area contributed by atoms with Crippen LogP contribution < -0.4 is 20.1 Å². The minimum absolute atomic E-state index is 0.418. The molecule has 2 aromatic rings. The van der Waals surface area contributed by atoms with Crippen molar-refractivity contribution in [2.75, 3.05) is 25.1 Å². The third-order valence-electron chi connectivity index (χ3n) is 3.33. The first kappa shape index (κ1) is 18.1. The summed E-state index contributed by atoms with van der Waals surface area (Å²) in [4.78, 5) is 35.0. The quantitative estimate of drug-likeness (QED) is 0.609. The van der Waals surface area contributed by atoms with E-state index in [1.807, 2.05) is 0 Å². The molecule has 0 unspecified atom stereocenters. The van der Waals surface area contributed by atoms with Crippen molar-refractivity contribution >= 4 is 29.7 Å². The molecule has 2 N–H and O–H groups in total. The first-order valence-electron chi connectivity index (χ1n) is 7.99. The van der Waals surface area contributed by atoms with E-state index < -0.39 is 24.5 Å². The fraction of sp³-hybridized carbons (Fsp3) is 0.167. The van der Waals surface area contributed by atoms with Gasteiger partial charge >= 0.3 is 12.0 Å². The van der Waals surface area contributed by atoms with E-state index in [0.717, 1.165) is 6.08 Å². The average molecular weight is 372 g/mol. The molecule has 0 atom stereocenters. The molecule has 9 heteroatoms. The summed E-state index contributed by atoms with van der Waals surface area (Å²) in [6.07, 6.45) is 3.97. The zero-order valence-electron chi connectivity index (χ0n) is 14.1. The van der Waals surface area contributed by atoms with E-state index in [2.05, 4.69) is 10.6 Å². The Labute approximate surface area is 153 Å². The minimum Gasteiger partial charge on any atom is -0.486 e. The lowest BCUT2D eigenvalue weighted by Crippen LogP contribution is -2.37. The second-order valence-electron chi connectivity index (χ2n) is 5.32. The van der Waals surface area contributed by atoms with E-state index in [-0.39, 0.29) is 0 Å². The van der Waals surface area contributed by atoms with E-state index in [1.54, 1.807) is 30.3 Å². The van der Waals surface area contributed by atoms with Crippen LogP contribution in [-0.4, -0.2) is 37.7 Å². The van der Waals surface area contributed by atoms with Gasteiger partial charge in [0.2, 0.25) is 0 Å². The molecule has 9 nitrogen and oxygen atoms in total. The standard InChI is InChI=1S/C18H16N2O7/c21-16(11-27-17(22)6-4-13-2-1-7-24-13)20-18(23)19-12-3-5-14-15(10-12)26-9-8-25-14/h1-7,10H,8-9,11H2,(H2,19,20,21,23)/b6-4+. The van der Waals surface area contributed by atoms with Crippen LogP contribution in [0.15, 0.2) is 47.1 Å². The summed E-state index contributed by atoms with van der Waals surface area (Å²) >= 11 is 0. The number of carbonyl (C=O) groups is 3. The number of urea groups is 1. The van der Waals surface area contributed by atoms with Gasteiger partial charge < -0.3 is 23.9 Å². The Balaban J connectivity index is 1.42. The van der Waals surface area contributed by atoms with Crippen molar-refractivity contribution in [3.05, 3.63) is 48.4 Å². The molecule has 3 rings (SSSR count). The van der Waals surface area contributed by atoms with Gasteiger partial charge in [0.1, 0.15) is 19.0 Å². The Kier molecular flexibility index (Phi) is 5.73. The predicted octanol–water partition coefficient (Wildman–Crippen LogP) is 1.96. The summed E-state index contributed by atoms with van der Waals surface area (Å²) in [5.41, 5.74) is 0.419. The molecule has 0 saturated carbocycles. The van der Waals surface area contributed by atoms with Crippen LogP contribution in [0.1, 0.15) is 5.76 Å². The molecular formula is C18H16N2O7. The number of benzene rings is 1. The van der Waals surface area contributed by atoms with Crippen molar-refractivity contribution in [1.82, 2.24) is 5.32 Å². The van der Waals surface area contributed by atoms with Gasteiger partial charge in [-0.25, -0.2) is 9.59 Å². The zero-order chi connectivity index (χ0) is 19.1. The number of nitrogens with one attached hydrogen (secondary N) is 2. The second-order valence-corrected chi connectivity index (χ2v) is 5.32. The maximum atomic E-state index is 11.8. The Bertz CT molecular complexity index is 859. The highest BCUT2D eigenvalue weighted by Crippen LogP contribution is 2.32. The van der Waals surface area contributed by atoms with Crippen molar-refractivity contribution in [2.45, 2.75) is 0 Å². The smallest absolute Gasteiger partial charge is 0.331 e. The molecule has 27 heavy (non-hydrogen) atoms. The van der Waals surface area contributed by atoms with Gasteiger partial charge in [-0.3, -0.25) is 10.1 Å². The van der Waals surface area contributed by atoms with E-state index in [0.29, 0.717) is 36.2 Å². The average Bonchev–Trinajstić information content (AvgIpc) is 3.18. The number of amides is 3. The summed E-state index contributed by atoms with van der Waals surface area (Å²) < 4.78 is 20.5. The summed E-state index contributed by atoms with van der Waals surface area (Å²) in [5, 5.41) is 4.53. The number of anilines is 1. The lowest BCUT2D eigenvalue weighted by atomic mass is 10.2. The number of hydrogen-bond acceptors (Lipinski definition) is 7. The fourth-order valence-electron chi connectivity index (χ4n) is 2.17. The molecule has 0 radical (unpaired) electrons. The molecule has 0 bridgehead atoms. The van der Waals surface area contributed by atoms with Gasteiger partial charge in [-0.2, -0.15) is 0 Å². The Morgan fingerprint density at radius 3 is 2.70 bits per heavy atom. The lowest BCUT2D eigenvalue weighted by molar-refractivity contribution is -0.143. The first-order chi connectivity index (χ1) is 13.1. The van der Waals surface area contributed by atoms with Gasteiger partial charge in [-0.1, -0.05) is 0 Å². The topological polar surface area (TPSA) is 116 Å². The largest absolute Gasteiger partial charge is 0.486 e. The van der Waals surface area contributed by atoms with Crippen LogP contribution in [0, 0.1) is 0 Å². The van der Waals surface area contributed by atoms with E-state index in [1.165, 1.54) is 12.3 Å². The van der Waals surface area contributed by atoms with Crippen LogP contribution in [0.3, 0.4) is 0 Å². The molecule has 3 amide bonds. The Hall–Kier alpha value is -3.75. The van der Waals surface area contributed by atoms with Gasteiger partial charge in [0.25, 0.3) is 5.91 Å². The highest BCUT2D eigenvalue weighted by molar-refractivity contribution is 6.02. The van der Waals surface area contributed by atoms with Crippen molar-refractivity contribution < 1.29 is 33.0 Å². The number of carbonyl (C=O) groups excluding carboxylic acids is 3. The molecule has 1 aromatic carbocycles. The monoisotopic (exact) mass is 372 g/mol. The third kappa shape index (κ3) is 5.36. The van der Waals surface area contributed by atoms with Gasteiger partial charge in [0.15, 0.2) is 18.1 Å². The number of ether oxygens (including phenoxy) is 3. The van der Waals surface area contributed by atoms with E-state index in [4.69, 9.17) is 18.6 Å². The molecule has 140 valence electrons. The third-order valence-corrected chi connectivity index (χ3v) is 3.33. The van der Waals surface area contributed by atoms with Crippen LogP contribution in [0.5, 0.6) is 11.5 Å². The molecule has 0 saturated heterocycles. The number of rotatable bonds is 5. The van der Waals surface area contributed by atoms with Crippen molar-refractivity contribution in [3.8, 4) is 11.5 Å². The highest BCUT2D eigenvalue weighted by Gasteiger charge is 2.14. The van der Waals surface area contributed by atoms with Crippen LogP contribution in [0.25, 0.3) is 6.08 Å². The molecule has 1 aliphatic rings. The van der Waals surface area contributed by atoms with Crippen LogP contribution >= 0.6 is 0 Å². The van der Waals surface area contributed by atoms with Gasteiger partial charge in [-0.05, 0) is 30.3 Å². The van der Waals surface area contributed by atoms with Gasteiger partial charge in [-0.15, -0.1) is 0 Å². The second kappa shape index (κ2) is 8.56. The maximum absolute atomic E-state index is 11.8. The number of fused-ring (bicyclic) bond motifs is 1. The minimum atomic E-state index is -0.773. The number of hydrogen-bond donors (Lipinski definition) is 2. The maximum Gasteiger partial charge on any atom is 0.331 e. The number of imide groups is 1. The van der Waals surface area contributed by atoms with Crippen molar-refractivity contribution in [1.29, 1.82) is 0 Å². The summed E-state index contributed by atoms with van der Waals surface area (Å²) in [7, 11) is 0. The molecule has 0 fully saturated rings. The summed E-state index contributed by atoms with van der Waals surface area (Å²) in [5.74, 6) is 0.0363. The molecule has 1 aliphatic heterocycles. The normalized spacial score (nSPS) is 12.4. The summed E-state index contributed by atoms with van der Waals surface area (Å²) in [6.45, 7) is 0.279. The van der Waals surface area contributed by atoms with Crippen molar-refractivity contribution in [2.24, 2.45) is 0 Å². The van der Waals surface area contributed by atoms with Crippen LogP contribution in [-0.2, 0) is 14.3 Å². The molecule has 1 aromatic heterocycles. The summed E-state index contributed by atoms with van der Waals surface area (Å²) in [6, 6.07) is 7.39. The SMILES string of the molecule is O=C(COC(=O)/C=C/c1ccco1)NC(=O)Nc1ccc2c(c1)OCCO2. The Morgan fingerprint density at radius 1 is 1.11 bits per heavy atom. The fourth-order valence-corrected chi connectivity index (χ4v) is 2.17. The first-order valence-corrected chi connectivity index (χ1v) is 7.99. The van der Waals surface area contributed by atoms with Gasteiger partial charge in [0.05, 0.1) is 6.26 Å². The number of furan rings is 1. The van der Waals surface area contributed by atoms with Crippen LogP contribution in [0.4, 0.5) is 10.5 Å². The molecule has 2 heterocycles.